The second-order valence-electron chi connectivity index (χ2n) is 2.35. The molecule has 11 heavy (non-hydrogen) atoms. The van der Waals surface area contributed by atoms with Crippen molar-refractivity contribution in [2.24, 2.45) is 5.14 Å². The Bertz CT molecular complexity index is 231. The molecule has 0 bridgehead atoms. The van der Waals surface area contributed by atoms with Crippen molar-refractivity contribution in [2.45, 2.75) is 20.0 Å². The van der Waals surface area contributed by atoms with Gasteiger partial charge < -0.3 is 4.74 Å². The molecule has 6 heteroatoms. The summed E-state index contributed by atoms with van der Waals surface area (Å²) in [5, 5.41) is 4.58. The molecule has 0 amide bonds. The summed E-state index contributed by atoms with van der Waals surface area (Å²) in [7, 11) is -3.74. The van der Waals surface area contributed by atoms with E-state index in [1.54, 1.807) is 13.8 Å². The summed E-state index contributed by atoms with van der Waals surface area (Å²) in [4.78, 5) is 10.6. The van der Waals surface area contributed by atoms with Gasteiger partial charge in [-0.15, -0.1) is 0 Å². The molecule has 0 saturated carbocycles. The average Bonchev–Trinajstić information content (AvgIpc) is 1.53. The maximum absolute atomic E-state index is 10.6. The number of carbonyl (C=O) groups excluding carboxylic acids is 1. The van der Waals surface area contributed by atoms with Crippen LogP contribution in [0.1, 0.15) is 13.8 Å². The number of sulfonamides is 1. The highest BCUT2D eigenvalue weighted by Crippen LogP contribution is 1.90. The van der Waals surface area contributed by atoms with Crippen molar-refractivity contribution < 1.29 is 17.9 Å². The Morgan fingerprint density at radius 2 is 2.00 bits per heavy atom. The van der Waals surface area contributed by atoms with Gasteiger partial charge in [-0.05, 0) is 13.8 Å². The molecule has 0 aliphatic heterocycles. The fraction of sp³-hybridized carbons (Fsp3) is 0.800. The monoisotopic (exact) mass is 181 g/mol. The van der Waals surface area contributed by atoms with Crippen molar-refractivity contribution in [3.05, 3.63) is 0 Å². The van der Waals surface area contributed by atoms with Crippen LogP contribution in [0.25, 0.3) is 0 Å². The Labute approximate surface area is 65.6 Å². The van der Waals surface area contributed by atoms with Crippen LogP contribution in [0.2, 0.25) is 0 Å². The summed E-state index contributed by atoms with van der Waals surface area (Å²) in [6.07, 6.45) is -0.316. The lowest BCUT2D eigenvalue weighted by atomic mass is 10.5. The molecule has 0 aromatic rings. The largest absolute Gasteiger partial charge is 0.462 e. The highest BCUT2D eigenvalue weighted by Gasteiger charge is 2.13. The zero-order valence-electron chi connectivity index (χ0n) is 6.40. The van der Waals surface area contributed by atoms with E-state index in [1.807, 2.05) is 0 Å². The number of rotatable bonds is 3. The SMILES string of the molecule is CC(C)OC(=O)CS(N)(=O)=O. The third kappa shape index (κ3) is 7.27. The summed E-state index contributed by atoms with van der Waals surface area (Å²) < 4.78 is 25.1. The maximum atomic E-state index is 10.6. The summed E-state index contributed by atoms with van der Waals surface area (Å²) in [6, 6.07) is 0. The molecule has 0 heterocycles. The van der Waals surface area contributed by atoms with Gasteiger partial charge in [0.15, 0.2) is 5.75 Å². The quantitative estimate of drug-likeness (QED) is 0.579. The van der Waals surface area contributed by atoms with Gasteiger partial charge in [0.25, 0.3) is 0 Å². The topological polar surface area (TPSA) is 86.5 Å². The lowest BCUT2D eigenvalue weighted by molar-refractivity contribution is -0.144. The number of ether oxygens (including phenoxy) is 1. The number of hydrogen-bond acceptors (Lipinski definition) is 4. The molecule has 0 unspecified atom stereocenters. The molecular formula is C5H11NO4S. The zero-order valence-corrected chi connectivity index (χ0v) is 7.22. The van der Waals surface area contributed by atoms with Crippen LogP contribution in [0.4, 0.5) is 0 Å². The van der Waals surface area contributed by atoms with Crippen LogP contribution in [-0.2, 0) is 19.6 Å². The summed E-state index contributed by atoms with van der Waals surface area (Å²) >= 11 is 0. The Morgan fingerprint density at radius 1 is 1.55 bits per heavy atom. The first-order valence-corrected chi connectivity index (χ1v) is 4.73. The van der Waals surface area contributed by atoms with Gasteiger partial charge in [0.05, 0.1) is 6.10 Å². The van der Waals surface area contributed by atoms with Crippen molar-refractivity contribution in [1.82, 2.24) is 0 Å². The number of esters is 1. The van der Waals surface area contributed by atoms with Gasteiger partial charge in [-0.2, -0.15) is 0 Å². The Hall–Kier alpha value is -0.620. The zero-order chi connectivity index (χ0) is 9.07. The van der Waals surface area contributed by atoms with Crippen molar-refractivity contribution in [3.63, 3.8) is 0 Å². The van der Waals surface area contributed by atoms with Crippen molar-refractivity contribution in [2.75, 3.05) is 5.75 Å². The third-order valence-electron chi connectivity index (χ3n) is 0.686. The fourth-order valence-electron chi connectivity index (χ4n) is 0.461. The van der Waals surface area contributed by atoms with Crippen LogP contribution in [0.5, 0.6) is 0 Å². The van der Waals surface area contributed by atoms with Gasteiger partial charge >= 0.3 is 5.97 Å². The normalized spacial score (nSPS) is 11.6. The second kappa shape index (κ2) is 3.68. The van der Waals surface area contributed by atoms with E-state index in [2.05, 4.69) is 9.88 Å². The van der Waals surface area contributed by atoms with Crippen LogP contribution in [0.3, 0.4) is 0 Å². The van der Waals surface area contributed by atoms with E-state index < -0.39 is 21.7 Å². The molecule has 0 radical (unpaired) electrons. The van der Waals surface area contributed by atoms with E-state index in [-0.39, 0.29) is 6.10 Å². The number of carbonyl (C=O) groups is 1. The van der Waals surface area contributed by atoms with E-state index in [0.29, 0.717) is 0 Å². The van der Waals surface area contributed by atoms with Crippen molar-refractivity contribution >= 4 is 16.0 Å². The first-order chi connectivity index (χ1) is 4.81. The maximum Gasteiger partial charge on any atom is 0.322 e. The van der Waals surface area contributed by atoms with Crippen molar-refractivity contribution in [3.8, 4) is 0 Å². The lowest BCUT2D eigenvalue weighted by Gasteiger charge is -2.05. The van der Waals surface area contributed by atoms with E-state index in [0.717, 1.165) is 0 Å². The minimum atomic E-state index is -3.74. The summed E-state index contributed by atoms with van der Waals surface area (Å²) in [6.45, 7) is 3.25. The number of hydrogen-bond donors (Lipinski definition) is 1. The third-order valence-corrected chi connectivity index (χ3v) is 1.32. The van der Waals surface area contributed by atoms with Crippen LogP contribution < -0.4 is 5.14 Å². The molecule has 0 rings (SSSR count). The molecule has 5 nitrogen and oxygen atoms in total. The Kier molecular flexibility index (Phi) is 3.47. The lowest BCUT2D eigenvalue weighted by Crippen LogP contribution is -2.26. The minimum absolute atomic E-state index is 0.316. The highest BCUT2D eigenvalue weighted by atomic mass is 32.2. The van der Waals surface area contributed by atoms with E-state index in [1.165, 1.54) is 0 Å². The van der Waals surface area contributed by atoms with Gasteiger partial charge in [0.2, 0.25) is 10.0 Å². The predicted octanol–water partition coefficient (Wildman–Crippen LogP) is -0.773. The first kappa shape index (κ1) is 10.4. The molecule has 0 fully saturated rings. The summed E-state index contributed by atoms with van der Waals surface area (Å²) in [5.41, 5.74) is 0. The predicted molar refractivity (Wildman–Crippen MR) is 39.2 cm³/mol. The van der Waals surface area contributed by atoms with Crippen LogP contribution in [0.15, 0.2) is 0 Å². The molecule has 66 valence electrons. The summed E-state index contributed by atoms with van der Waals surface area (Å²) in [5.74, 6) is -1.58. The molecule has 0 aliphatic carbocycles. The smallest absolute Gasteiger partial charge is 0.322 e. The molecule has 0 aromatic carbocycles. The molecular weight excluding hydrogens is 170 g/mol. The van der Waals surface area contributed by atoms with Gasteiger partial charge in [-0.25, -0.2) is 13.6 Å². The fourth-order valence-corrected chi connectivity index (χ4v) is 0.858. The Balaban J connectivity index is 3.91. The standard InChI is InChI=1S/C5H11NO4S/c1-4(2)10-5(7)3-11(6,8)9/h4H,3H2,1-2H3,(H2,6,8,9). The molecule has 0 aliphatic rings. The van der Waals surface area contributed by atoms with Crippen molar-refractivity contribution in [1.29, 1.82) is 0 Å². The van der Waals surface area contributed by atoms with Crippen LogP contribution in [-0.4, -0.2) is 26.2 Å². The van der Waals surface area contributed by atoms with Crippen LogP contribution >= 0.6 is 0 Å². The molecule has 2 N–H and O–H groups in total. The molecule has 0 saturated heterocycles. The Morgan fingerprint density at radius 3 is 2.27 bits per heavy atom. The van der Waals surface area contributed by atoms with E-state index >= 15 is 0 Å². The van der Waals surface area contributed by atoms with Gasteiger partial charge in [-0.3, -0.25) is 4.79 Å². The van der Waals surface area contributed by atoms with Gasteiger partial charge in [-0.1, -0.05) is 0 Å². The van der Waals surface area contributed by atoms with Gasteiger partial charge in [0, 0.05) is 0 Å². The number of primary sulfonamides is 1. The van der Waals surface area contributed by atoms with E-state index in [4.69, 9.17) is 0 Å². The van der Waals surface area contributed by atoms with Crippen LogP contribution in [0, 0.1) is 0 Å². The number of nitrogens with two attached hydrogens (primary N) is 1. The van der Waals surface area contributed by atoms with Gasteiger partial charge in [0.1, 0.15) is 0 Å². The minimum Gasteiger partial charge on any atom is -0.462 e. The highest BCUT2D eigenvalue weighted by molar-refractivity contribution is 7.89. The van der Waals surface area contributed by atoms with E-state index in [9.17, 15) is 13.2 Å². The first-order valence-electron chi connectivity index (χ1n) is 3.01. The second-order valence-corrected chi connectivity index (χ2v) is 3.96. The molecule has 0 aromatic heterocycles. The molecule has 0 atom stereocenters. The average molecular weight is 181 g/mol. The molecule has 0 spiro atoms.